The molecular formula is C15H19BrN2O3. The molecule has 3 rings (SSSR count). The van der Waals surface area contributed by atoms with Gasteiger partial charge >= 0.3 is 0 Å². The maximum atomic E-state index is 11.5. The van der Waals surface area contributed by atoms with Crippen LogP contribution in [0.5, 0.6) is 0 Å². The Morgan fingerprint density at radius 2 is 2.24 bits per heavy atom. The number of hydrogen-bond acceptors (Lipinski definition) is 4. The summed E-state index contributed by atoms with van der Waals surface area (Å²) in [7, 11) is 0. The third-order valence-corrected chi connectivity index (χ3v) is 4.95. The highest BCUT2D eigenvalue weighted by molar-refractivity contribution is 9.10. The van der Waals surface area contributed by atoms with E-state index < -0.39 is 6.10 Å². The van der Waals surface area contributed by atoms with Crippen molar-refractivity contribution in [3.05, 3.63) is 22.2 Å². The Morgan fingerprint density at radius 1 is 1.43 bits per heavy atom. The van der Waals surface area contributed by atoms with Gasteiger partial charge in [-0.2, -0.15) is 0 Å². The van der Waals surface area contributed by atoms with E-state index in [4.69, 9.17) is 5.11 Å². The predicted molar refractivity (Wildman–Crippen MR) is 84.4 cm³/mol. The van der Waals surface area contributed by atoms with Crippen LogP contribution in [0.2, 0.25) is 0 Å². The van der Waals surface area contributed by atoms with Gasteiger partial charge in [-0.15, -0.1) is 0 Å². The van der Waals surface area contributed by atoms with Gasteiger partial charge in [0, 0.05) is 35.4 Å². The lowest BCUT2D eigenvalue weighted by Gasteiger charge is -2.35. The van der Waals surface area contributed by atoms with Crippen LogP contribution in [-0.4, -0.2) is 35.8 Å². The van der Waals surface area contributed by atoms with Crippen molar-refractivity contribution < 1.29 is 15.0 Å². The molecule has 2 aliphatic rings. The third-order valence-electron chi connectivity index (χ3n) is 4.32. The van der Waals surface area contributed by atoms with Gasteiger partial charge in [0.25, 0.3) is 5.91 Å². The second kappa shape index (κ2) is 5.94. The largest absolute Gasteiger partial charge is 0.396 e. The monoisotopic (exact) mass is 354 g/mol. The van der Waals surface area contributed by atoms with Crippen LogP contribution in [-0.2, 0) is 4.79 Å². The van der Waals surface area contributed by atoms with Crippen LogP contribution in [0.3, 0.4) is 0 Å². The summed E-state index contributed by atoms with van der Waals surface area (Å²) in [5.41, 5.74) is 2.35. The van der Waals surface area contributed by atoms with Gasteiger partial charge in [-0.1, -0.05) is 0 Å². The van der Waals surface area contributed by atoms with Crippen molar-refractivity contribution in [3.8, 4) is 0 Å². The number of piperidine rings is 1. The Morgan fingerprint density at radius 3 is 3.00 bits per heavy atom. The number of carbonyl (C=O) groups excluding carboxylic acids is 1. The number of fused-ring (bicyclic) bond motifs is 1. The van der Waals surface area contributed by atoms with E-state index in [1.54, 1.807) is 0 Å². The molecule has 0 saturated carbocycles. The van der Waals surface area contributed by atoms with Crippen molar-refractivity contribution in [1.29, 1.82) is 0 Å². The van der Waals surface area contributed by atoms with Crippen LogP contribution in [0.15, 0.2) is 16.6 Å². The third kappa shape index (κ3) is 2.80. The molecule has 0 radical (unpaired) electrons. The summed E-state index contributed by atoms with van der Waals surface area (Å²) in [6, 6.07) is 3.75. The first-order valence-corrected chi connectivity index (χ1v) is 8.07. The Bertz CT molecular complexity index is 562. The minimum atomic E-state index is -1.08. The highest BCUT2D eigenvalue weighted by Gasteiger charge is 2.31. The van der Waals surface area contributed by atoms with Crippen molar-refractivity contribution in [2.24, 2.45) is 5.92 Å². The number of aliphatic hydroxyl groups is 2. The molecule has 0 bridgehead atoms. The average Bonchev–Trinajstić information content (AvgIpc) is 2.74. The fourth-order valence-corrected chi connectivity index (χ4v) is 3.81. The van der Waals surface area contributed by atoms with Gasteiger partial charge in [-0.3, -0.25) is 4.79 Å². The molecule has 2 heterocycles. The molecule has 1 saturated heterocycles. The predicted octanol–water partition coefficient (Wildman–Crippen LogP) is 2.03. The number of amides is 1. The standard InChI is InChI=1S/C15H19BrN2O3/c16-11-6-10-12(17-15(21)14(10)20)7-13(11)18-4-1-2-9(8-18)3-5-19/h6-7,9,14,19-20H,1-5,8H2,(H,17,21). The number of nitrogens with one attached hydrogen (secondary N) is 1. The molecule has 1 amide bonds. The summed E-state index contributed by atoms with van der Waals surface area (Å²) in [6.45, 7) is 2.11. The maximum Gasteiger partial charge on any atom is 0.257 e. The van der Waals surface area contributed by atoms with E-state index in [1.807, 2.05) is 12.1 Å². The first-order chi connectivity index (χ1) is 10.1. The van der Waals surface area contributed by atoms with E-state index in [1.165, 1.54) is 0 Å². The van der Waals surface area contributed by atoms with Crippen LogP contribution in [0.4, 0.5) is 11.4 Å². The van der Waals surface area contributed by atoms with E-state index >= 15 is 0 Å². The van der Waals surface area contributed by atoms with Gasteiger partial charge in [0.2, 0.25) is 0 Å². The minimum Gasteiger partial charge on any atom is -0.396 e. The molecule has 0 spiro atoms. The van der Waals surface area contributed by atoms with Crippen LogP contribution >= 0.6 is 15.9 Å². The Hall–Kier alpha value is -1.11. The topological polar surface area (TPSA) is 72.8 Å². The van der Waals surface area contributed by atoms with E-state index in [-0.39, 0.29) is 12.5 Å². The molecule has 1 aromatic carbocycles. The van der Waals surface area contributed by atoms with Crippen LogP contribution in [0.1, 0.15) is 30.9 Å². The summed E-state index contributed by atoms with van der Waals surface area (Å²) in [5, 5.41) is 21.6. The van der Waals surface area contributed by atoms with Crippen LogP contribution in [0, 0.1) is 5.92 Å². The molecular weight excluding hydrogens is 336 g/mol. The van der Waals surface area contributed by atoms with E-state index in [9.17, 15) is 9.90 Å². The number of benzene rings is 1. The van der Waals surface area contributed by atoms with E-state index in [2.05, 4.69) is 26.1 Å². The minimum absolute atomic E-state index is 0.228. The highest BCUT2D eigenvalue weighted by atomic mass is 79.9. The second-order valence-corrected chi connectivity index (χ2v) is 6.60. The summed E-state index contributed by atoms with van der Waals surface area (Å²) >= 11 is 3.55. The summed E-state index contributed by atoms with van der Waals surface area (Å²) in [6.07, 6.45) is 2.00. The zero-order valence-electron chi connectivity index (χ0n) is 11.7. The number of rotatable bonds is 3. The van der Waals surface area contributed by atoms with Gasteiger partial charge in [0.1, 0.15) is 0 Å². The Kier molecular flexibility index (Phi) is 4.19. The molecule has 5 nitrogen and oxygen atoms in total. The number of carbonyl (C=O) groups is 1. The van der Waals surface area contributed by atoms with Gasteiger partial charge in [-0.25, -0.2) is 0 Å². The zero-order chi connectivity index (χ0) is 15.0. The molecule has 21 heavy (non-hydrogen) atoms. The van der Waals surface area contributed by atoms with E-state index in [0.717, 1.165) is 42.5 Å². The number of halogens is 1. The number of hydrogen-bond donors (Lipinski definition) is 3. The fraction of sp³-hybridized carbons (Fsp3) is 0.533. The molecule has 3 N–H and O–H groups in total. The first kappa shape index (κ1) is 14.8. The zero-order valence-corrected chi connectivity index (χ0v) is 13.3. The summed E-state index contributed by atoms with van der Waals surface area (Å²) in [5.74, 6) is 0.134. The quantitative estimate of drug-likeness (QED) is 0.776. The van der Waals surface area contributed by atoms with Crippen molar-refractivity contribution in [2.45, 2.75) is 25.4 Å². The van der Waals surface area contributed by atoms with Gasteiger partial charge in [-0.05, 0) is 53.2 Å². The van der Waals surface area contributed by atoms with Crippen molar-refractivity contribution in [1.82, 2.24) is 0 Å². The normalized spacial score (nSPS) is 24.9. The lowest BCUT2D eigenvalue weighted by atomic mass is 9.94. The molecule has 2 atom stereocenters. The molecule has 0 aromatic heterocycles. The second-order valence-electron chi connectivity index (χ2n) is 5.75. The lowest BCUT2D eigenvalue weighted by Crippen LogP contribution is -2.36. The Labute approximate surface area is 132 Å². The summed E-state index contributed by atoms with van der Waals surface area (Å²) < 4.78 is 0.890. The van der Waals surface area contributed by atoms with E-state index in [0.29, 0.717) is 17.2 Å². The lowest BCUT2D eigenvalue weighted by molar-refractivity contribution is -0.123. The Balaban J connectivity index is 1.86. The van der Waals surface area contributed by atoms with Crippen LogP contribution in [0.25, 0.3) is 0 Å². The maximum absolute atomic E-state index is 11.5. The van der Waals surface area contributed by atoms with Gasteiger partial charge in [0.05, 0.1) is 5.69 Å². The molecule has 1 aromatic rings. The number of aliphatic hydroxyl groups excluding tert-OH is 2. The highest BCUT2D eigenvalue weighted by Crippen LogP contribution is 2.40. The van der Waals surface area contributed by atoms with Crippen molar-refractivity contribution in [2.75, 3.05) is 29.9 Å². The molecule has 6 heteroatoms. The smallest absolute Gasteiger partial charge is 0.257 e. The average molecular weight is 355 g/mol. The fourth-order valence-electron chi connectivity index (χ4n) is 3.20. The molecule has 2 unspecified atom stereocenters. The SMILES string of the molecule is O=C1Nc2cc(N3CCCC(CCO)C3)c(Br)cc2C1O. The van der Waals surface area contributed by atoms with Gasteiger partial charge in [0.15, 0.2) is 6.10 Å². The van der Waals surface area contributed by atoms with Crippen molar-refractivity contribution in [3.63, 3.8) is 0 Å². The van der Waals surface area contributed by atoms with Gasteiger partial charge < -0.3 is 20.4 Å². The summed E-state index contributed by atoms with van der Waals surface area (Å²) in [4.78, 5) is 13.8. The number of anilines is 2. The first-order valence-electron chi connectivity index (χ1n) is 7.28. The molecule has 1 fully saturated rings. The van der Waals surface area contributed by atoms with Crippen molar-refractivity contribution >= 4 is 33.2 Å². The van der Waals surface area contributed by atoms with Crippen LogP contribution < -0.4 is 10.2 Å². The number of nitrogens with zero attached hydrogens (tertiary/aromatic N) is 1. The molecule has 2 aliphatic heterocycles. The molecule has 0 aliphatic carbocycles. The molecule has 114 valence electrons.